The Hall–Kier alpha value is -0.520. The third-order valence-electron chi connectivity index (χ3n) is 4.99. The average molecular weight is 220 g/mol. The molecule has 0 heteroatoms. The molecule has 92 valence electrons. The van der Waals surface area contributed by atoms with Gasteiger partial charge in [0.15, 0.2) is 0 Å². The molecule has 0 atom stereocenters. The van der Waals surface area contributed by atoms with Gasteiger partial charge >= 0.3 is 0 Å². The lowest BCUT2D eigenvalue weighted by molar-refractivity contribution is 0.213. The molecule has 0 aromatic carbocycles. The first-order valence-corrected chi connectivity index (χ1v) is 6.89. The summed E-state index contributed by atoms with van der Waals surface area (Å²) in [4.78, 5) is 0. The van der Waals surface area contributed by atoms with E-state index in [-0.39, 0.29) is 1.43 Å². The molecule has 0 aromatic rings. The Morgan fingerprint density at radius 2 is 1.81 bits per heavy atom. The van der Waals surface area contributed by atoms with Gasteiger partial charge in [-0.1, -0.05) is 36.6 Å². The Kier molecular flexibility index (Phi) is 3.28. The number of allylic oxidation sites excluding steroid dienone is 4. The van der Waals surface area contributed by atoms with Gasteiger partial charge in [-0.2, -0.15) is 0 Å². The fourth-order valence-electron chi connectivity index (χ4n) is 3.17. The van der Waals surface area contributed by atoms with Crippen LogP contribution in [0.4, 0.5) is 0 Å². The minimum atomic E-state index is 0. The maximum Gasteiger partial charge on any atom is 0 e. The van der Waals surface area contributed by atoms with Crippen molar-refractivity contribution in [2.24, 2.45) is 11.3 Å². The van der Waals surface area contributed by atoms with Gasteiger partial charge in [0, 0.05) is 1.43 Å². The fraction of sp³-hybridized carbons (Fsp3) is 0.750. The molecule has 0 radical (unpaired) electrons. The molecule has 0 heterocycles. The van der Waals surface area contributed by atoms with Crippen LogP contribution in [-0.2, 0) is 0 Å². The van der Waals surface area contributed by atoms with Crippen molar-refractivity contribution in [1.82, 2.24) is 0 Å². The van der Waals surface area contributed by atoms with Gasteiger partial charge in [0.1, 0.15) is 0 Å². The highest BCUT2D eigenvalue weighted by molar-refractivity contribution is 5.34. The van der Waals surface area contributed by atoms with Crippen LogP contribution in [0.2, 0.25) is 0 Å². The minimum absolute atomic E-state index is 0. The van der Waals surface area contributed by atoms with Gasteiger partial charge in [0.25, 0.3) is 0 Å². The second-order valence-electron chi connectivity index (χ2n) is 6.38. The van der Waals surface area contributed by atoms with Gasteiger partial charge in [-0.3, -0.25) is 0 Å². The molecule has 0 nitrogen and oxygen atoms in total. The van der Waals surface area contributed by atoms with Crippen molar-refractivity contribution in [3.63, 3.8) is 0 Å². The predicted molar refractivity (Wildman–Crippen MR) is 73.5 cm³/mol. The number of hydrogen-bond acceptors (Lipinski definition) is 0. The number of rotatable bonds is 1. The Morgan fingerprint density at radius 1 is 1.19 bits per heavy atom. The first-order chi connectivity index (χ1) is 7.51. The monoisotopic (exact) mass is 220 g/mol. The Bertz CT molecular complexity index is 327. The van der Waals surface area contributed by atoms with Crippen LogP contribution in [-0.4, -0.2) is 0 Å². The molecule has 1 fully saturated rings. The maximum absolute atomic E-state index is 2.50. The lowest BCUT2D eigenvalue weighted by atomic mass is 9.65. The van der Waals surface area contributed by atoms with E-state index in [9.17, 15) is 0 Å². The zero-order valence-electron chi connectivity index (χ0n) is 11.4. The molecular weight excluding hydrogens is 192 g/mol. The Labute approximate surface area is 102 Å². The van der Waals surface area contributed by atoms with E-state index in [1.807, 2.05) is 0 Å². The van der Waals surface area contributed by atoms with E-state index in [1.165, 1.54) is 44.1 Å². The summed E-state index contributed by atoms with van der Waals surface area (Å²) in [5.41, 5.74) is 5.38. The van der Waals surface area contributed by atoms with Crippen LogP contribution in [0.25, 0.3) is 0 Å². The third kappa shape index (κ3) is 2.26. The van der Waals surface area contributed by atoms with Crippen molar-refractivity contribution in [2.75, 3.05) is 0 Å². The van der Waals surface area contributed by atoms with Gasteiger partial charge in [0.2, 0.25) is 0 Å². The summed E-state index contributed by atoms with van der Waals surface area (Å²) in [6.45, 7) is 9.47. The second kappa shape index (κ2) is 4.39. The molecule has 0 aliphatic heterocycles. The lowest BCUT2D eigenvalue weighted by Crippen LogP contribution is -2.26. The Balaban J connectivity index is 0.00000144. The molecule has 2 aliphatic carbocycles. The molecule has 16 heavy (non-hydrogen) atoms. The highest BCUT2D eigenvalue weighted by Crippen LogP contribution is 2.47. The summed E-state index contributed by atoms with van der Waals surface area (Å²) in [5.74, 6) is 0.954. The van der Waals surface area contributed by atoms with E-state index in [4.69, 9.17) is 0 Å². The first kappa shape index (κ1) is 12.0. The largest absolute Gasteiger partial charge is 0.0701 e. The molecule has 0 unspecified atom stereocenters. The maximum atomic E-state index is 2.50. The van der Waals surface area contributed by atoms with Crippen molar-refractivity contribution in [2.45, 2.75) is 66.2 Å². The molecular formula is C16H28. The fourth-order valence-corrected chi connectivity index (χ4v) is 3.17. The van der Waals surface area contributed by atoms with Gasteiger partial charge in [-0.25, -0.2) is 0 Å². The van der Waals surface area contributed by atoms with Crippen molar-refractivity contribution in [1.29, 1.82) is 0 Å². The SMILES string of the molecule is CC1=C(C)CCC(C2(C)CCC(C)CC2)=C1.[HH]. The Morgan fingerprint density at radius 3 is 2.38 bits per heavy atom. The van der Waals surface area contributed by atoms with E-state index >= 15 is 0 Å². The summed E-state index contributed by atoms with van der Waals surface area (Å²) < 4.78 is 0. The van der Waals surface area contributed by atoms with E-state index in [0.717, 1.165) is 5.92 Å². The molecule has 1 saturated carbocycles. The molecule has 0 aromatic heterocycles. The van der Waals surface area contributed by atoms with Gasteiger partial charge in [-0.15, -0.1) is 0 Å². The van der Waals surface area contributed by atoms with Crippen molar-refractivity contribution in [3.05, 3.63) is 22.8 Å². The summed E-state index contributed by atoms with van der Waals surface area (Å²) in [5, 5.41) is 0. The van der Waals surface area contributed by atoms with E-state index < -0.39 is 0 Å². The smallest absolute Gasteiger partial charge is 0 e. The van der Waals surface area contributed by atoms with E-state index in [0.29, 0.717) is 5.41 Å². The molecule has 0 amide bonds. The standard InChI is InChI=1S/C16H26.H2/c1-12-7-9-16(4,10-8-12)15-6-5-13(2)14(3)11-15;/h11-12H,5-10H2,1-4H3;1H. The van der Waals surface area contributed by atoms with Crippen LogP contribution in [0.3, 0.4) is 0 Å². The average Bonchev–Trinajstić information content (AvgIpc) is 2.26. The third-order valence-corrected chi connectivity index (χ3v) is 4.99. The molecule has 0 N–H and O–H groups in total. The van der Waals surface area contributed by atoms with Gasteiger partial charge < -0.3 is 0 Å². The van der Waals surface area contributed by atoms with Gasteiger partial charge in [0.05, 0.1) is 0 Å². The summed E-state index contributed by atoms with van der Waals surface area (Å²) in [6.07, 6.45) is 10.8. The zero-order valence-corrected chi connectivity index (χ0v) is 11.4. The van der Waals surface area contributed by atoms with Crippen LogP contribution < -0.4 is 0 Å². The molecule has 2 rings (SSSR count). The summed E-state index contributed by atoms with van der Waals surface area (Å²) in [6, 6.07) is 0. The predicted octanol–water partition coefficient (Wildman–Crippen LogP) is 5.51. The van der Waals surface area contributed by atoms with Crippen LogP contribution in [0, 0.1) is 11.3 Å². The van der Waals surface area contributed by atoms with Crippen molar-refractivity contribution >= 4 is 0 Å². The summed E-state index contributed by atoms with van der Waals surface area (Å²) in [7, 11) is 0. The van der Waals surface area contributed by atoms with Crippen LogP contribution in [0.5, 0.6) is 0 Å². The number of hydrogen-bond donors (Lipinski definition) is 0. The molecule has 0 bridgehead atoms. The zero-order chi connectivity index (χ0) is 11.8. The van der Waals surface area contributed by atoms with Gasteiger partial charge in [-0.05, 0) is 63.7 Å². The van der Waals surface area contributed by atoms with Crippen molar-refractivity contribution in [3.8, 4) is 0 Å². The summed E-state index contributed by atoms with van der Waals surface area (Å²) >= 11 is 0. The second-order valence-corrected chi connectivity index (χ2v) is 6.38. The highest BCUT2D eigenvalue weighted by atomic mass is 14.4. The van der Waals surface area contributed by atoms with E-state index in [2.05, 4.69) is 33.8 Å². The quantitative estimate of drug-likeness (QED) is 0.547. The minimum Gasteiger partial charge on any atom is -0.0701 e. The first-order valence-electron chi connectivity index (χ1n) is 6.89. The lowest BCUT2D eigenvalue weighted by Gasteiger charge is -2.40. The van der Waals surface area contributed by atoms with E-state index in [1.54, 1.807) is 11.1 Å². The normalized spacial score (nSPS) is 36.2. The van der Waals surface area contributed by atoms with Crippen LogP contribution in [0.1, 0.15) is 67.6 Å². The van der Waals surface area contributed by atoms with Crippen molar-refractivity contribution < 1.29 is 1.43 Å². The molecule has 0 spiro atoms. The molecule has 0 saturated heterocycles. The van der Waals surface area contributed by atoms with Crippen LogP contribution >= 0.6 is 0 Å². The topological polar surface area (TPSA) is 0 Å². The van der Waals surface area contributed by atoms with Crippen LogP contribution in [0.15, 0.2) is 22.8 Å². The highest BCUT2D eigenvalue weighted by Gasteiger charge is 2.33. The molecule has 2 aliphatic rings.